The number of anilines is 1. The molecular formula is C9H11NO2S. The molecule has 0 amide bonds. The van der Waals surface area contributed by atoms with Gasteiger partial charge in [-0.05, 0) is 18.4 Å². The lowest BCUT2D eigenvalue weighted by Gasteiger charge is -2.19. The highest BCUT2D eigenvalue weighted by atomic mass is 32.1. The van der Waals surface area contributed by atoms with Crippen molar-refractivity contribution >= 4 is 23.0 Å². The summed E-state index contributed by atoms with van der Waals surface area (Å²) in [7, 11) is 0. The van der Waals surface area contributed by atoms with Crippen molar-refractivity contribution in [2.75, 3.05) is 11.9 Å². The molecule has 1 aromatic heterocycles. The quantitative estimate of drug-likeness (QED) is 0.724. The summed E-state index contributed by atoms with van der Waals surface area (Å²) in [5, 5.41) is 12.0. The molecule has 1 unspecified atom stereocenters. The maximum atomic E-state index is 10.7. The second-order valence-electron chi connectivity index (χ2n) is 3.44. The van der Waals surface area contributed by atoms with Crippen molar-refractivity contribution in [2.45, 2.75) is 13.3 Å². The second-order valence-corrected chi connectivity index (χ2v) is 4.58. The van der Waals surface area contributed by atoms with Crippen LogP contribution in [0.5, 0.6) is 0 Å². The maximum Gasteiger partial charge on any atom is 0.345 e. The number of carboxylic acid groups (broad SMARTS) is 1. The van der Waals surface area contributed by atoms with E-state index < -0.39 is 5.97 Å². The SMILES string of the molecule is CC1CNc2cc(C(=O)O)sc2C1. The number of thiophene rings is 1. The molecule has 13 heavy (non-hydrogen) atoms. The van der Waals surface area contributed by atoms with Gasteiger partial charge in [0.05, 0.1) is 0 Å². The van der Waals surface area contributed by atoms with Crippen molar-refractivity contribution < 1.29 is 9.90 Å². The topological polar surface area (TPSA) is 49.3 Å². The zero-order valence-electron chi connectivity index (χ0n) is 7.33. The van der Waals surface area contributed by atoms with Crippen molar-refractivity contribution in [2.24, 2.45) is 5.92 Å². The predicted molar refractivity (Wildman–Crippen MR) is 52.6 cm³/mol. The fourth-order valence-corrected chi connectivity index (χ4v) is 2.65. The smallest absolute Gasteiger partial charge is 0.345 e. The monoisotopic (exact) mass is 197 g/mol. The van der Waals surface area contributed by atoms with Crippen LogP contribution in [0.25, 0.3) is 0 Å². The van der Waals surface area contributed by atoms with Crippen LogP contribution in [-0.4, -0.2) is 17.6 Å². The Hall–Kier alpha value is -1.03. The first-order valence-corrected chi connectivity index (χ1v) is 5.08. The van der Waals surface area contributed by atoms with Crippen molar-refractivity contribution in [3.8, 4) is 0 Å². The van der Waals surface area contributed by atoms with Gasteiger partial charge in [0.15, 0.2) is 0 Å². The molecule has 1 aliphatic rings. The first kappa shape index (κ1) is 8.56. The molecule has 0 aliphatic carbocycles. The third kappa shape index (κ3) is 1.54. The van der Waals surface area contributed by atoms with E-state index in [1.807, 2.05) is 0 Å². The highest BCUT2D eigenvalue weighted by Gasteiger charge is 2.19. The Labute approximate surface area is 80.4 Å². The number of hydrogen-bond donors (Lipinski definition) is 2. The summed E-state index contributed by atoms with van der Waals surface area (Å²) in [5.41, 5.74) is 1.01. The third-order valence-corrected chi connectivity index (χ3v) is 3.34. The first-order chi connectivity index (χ1) is 6.16. The largest absolute Gasteiger partial charge is 0.477 e. The minimum atomic E-state index is -0.825. The van der Waals surface area contributed by atoms with Crippen LogP contribution in [0.15, 0.2) is 6.07 Å². The highest BCUT2D eigenvalue weighted by Crippen LogP contribution is 2.32. The molecule has 2 rings (SSSR count). The molecule has 0 spiro atoms. The molecule has 0 fully saturated rings. The molecule has 2 heterocycles. The van der Waals surface area contributed by atoms with Gasteiger partial charge in [-0.25, -0.2) is 4.79 Å². The molecule has 0 saturated carbocycles. The molecule has 1 atom stereocenters. The van der Waals surface area contributed by atoms with E-state index in [-0.39, 0.29) is 0 Å². The number of carbonyl (C=O) groups is 1. The van der Waals surface area contributed by atoms with E-state index in [4.69, 9.17) is 5.11 Å². The lowest BCUT2D eigenvalue weighted by molar-refractivity contribution is 0.0702. The van der Waals surface area contributed by atoms with E-state index in [0.29, 0.717) is 10.8 Å². The van der Waals surface area contributed by atoms with Crippen molar-refractivity contribution in [1.29, 1.82) is 0 Å². The Morgan fingerprint density at radius 3 is 3.23 bits per heavy atom. The van der Waals surface area contributed by atoms with Crippen molar-refractivity contribution in [3.05, 3.63) is 15.8 Å². The summed E-state index contributed by atoms with van der Waals surface area (Å²) >= 11 is 1.39. The lowest BCUT2D eigenvalue weighted by Crippen LogP contribution is -2.18. The van der Waals surface area contributed by atoms with Gasteiger partial charge in [-0.15, -0.1) is 11.3 Å². The lowest BCUT2D eigenvalue weighted by atomic mass is 10.0. The molecule has 2 N–H and O–H groups in total. The molecule has 0 radical (unpaired) electrons. The highest BCUT2D eigenvalue weighted by molar-refractivity contribution is 7.14. The van der Waals surface area contributed by atoms with Crippen molar-refractivity contribution in [3.63, 3.8) is 0 Å². The Kier molecular flexibility index (Phi) is 2.00. The third-order valence-electron chi connectivity index (χ3n) is 2.19. The summed E-state index contributed by atoms with van der Waals surface area (Å²) in [5.74, 6) is -0.221. The van der Waals surface area contributed by atoms with Gasteiger partial charge in [0.1, 0.15) is 4.88 Å². The van der Waals surface area contributed by atoms with Crippen LogP contribution in [0, 0.1) is 5.92 Å². The Bertz CT molecular complexity index is 345. The van der Waals surface area contributed by atoms with E-state index in [1.165, 1.54) is 16.2 Å². The minimum absolute atomic E-state index is 0.437. The fraction of sp³-hybridized carbons (Fsp3) is 0.444. The molecule has 3 nitrogen and oxygen atoms in total. The summed E-state index contributed by atoms with van der Waals surface area (Å²) in [6.07, 6.45) is 1.00. The standard InChI is InChI=1S/C9H11NO2S/c1-5-2-7-6(10-4-5)3-8(13-7)9(11)12/h3,5,10H,2,4H2,1H3,(H,11,12). The average Bonchev–Trinajstić information content (AvgIpc) is 2.46. The molecular weight excluding hydrogens is 186 g/mol. The molecule has 4 heteroatoms. The zero-order chi connectivity index (χ0) is 9.42. The number of aromatic carboxylic acids is 1. The zero-order valence-corrected chi connectivity index (χ0v) is 8.15. The Morgan fingerprint density at radius 1 is 1.77 bits per heavy atom. The number of rotatable bonds is 1. The van der Waals surface area contributed by atoms with Crippen LogP contribution in [-0.2, 0) is 6.42 Å². The summed E-state index contributed by atoms with van der Waals surface area (Å²) in [6, 6.07) is 1.73. The summed E-state index contributed by atoms with van der Waals surface area (Å²) < 4.78 is 0. The van der Waals surface area contributed by atoms with Gasteiger partial charge >= 0.3 is 5.97 Å². The van der Waals surface area contributed by atoms with Gasteiger partial charge in [0, 0.05) is 17.1 Å². The maximum absolute atomic E-state index is 10.7. The molecule has 70 valence electrons. The van der Waals surface area contributed by atoms with Crippen LogP contribution in [0.3, 0.4) is 0 Å². The van der Waals surface area contributed by atoms with Crippen LogP contribution in [0.1, 0.15) is 21.5 Å². The average molecular weight is 197 g/mol. The Morgan fingerprint density at radius 2 is 2.54 bits per heavy atom. The summed E-state index contributed by atoms with van der Waals surface area (Å²) in [6.45, 7) is 3.11. The molecule has 0 saturated heterocycles. The molecule has 1 aliphatic heterocycles. The minimum Gasteiger partial charge on any atom is -0.477 e. The van der Waals surface area contributed by atoms with Gasteiger partial charge in [-0.2, -0.15) is 0 Å². The molecule has 0 aromatic carbocycles. The van der Waals surface area contributed by atoms with Gasteiger partial charge < -0.3 is 10.4 Å². The number of hydrogen-bond acceptors (Lipinski definition) is 3. The number of nitrogens with one attached hydrogen (secondary N) is 1. The van der Waals surface area contributed by atoms with Gasteiger partial charge in [0.25, 0.3) is 0 Å². The van der Waals surface area contributed by atoms with Gasteiger partial charge in [0.2, 0.25) is 0 Å². The van der Waals surface area contributed by atoms with E-state index in [1.54, 1.807) is 6.07 Å². The van der Waals surface area contributed by atoms with E-state index in [9.17, 15) is 4.79 Å². The molecule has 1 aromatic rings. The van der Waals surface area contributed by atoms with Crippen LogP contribution in [0.4, 0.5) is 5.69 Å². The number of carboxylic acids is 1. The van der Waals surface area contributed by atoms with E-state index in [2.05, 4.69) is 12.2 Å². The van der Waals surface area contributed by atoms with Crippen LogP contribution in [0.2, 0.25) is 0 Å². The first-order valence-electron chi connectivity index (χ1n) is 4.26. The Balaban J connectivity index is 2.33. The normalized spacial score (nSPS) is 20.5. The van der Waals surface area contributed by atoms with Gasteiger partial charge in [-0.3, -0.25) is 0 Å². The predicted octanol–water partition coefficient (Wildman–Crippen LogP) is 2.05. The second kappa shape index (κ2) is 3.03. The van der Waals surface area contributed by atoms with E-state index in [0.717, 1.165) is 18.7 Å². The van der Waals surface area contributed by atoms with Crippen LogP contribution >= 0.6 is 11.3 Å². The fourth-order valence-electron chi connectivity index (χ4n) is 1.51. The number of fused-ring (bicyclic) bond motifs is 1. The van der Waals surface area contributed by atoms with Crippen LogP contribution < -0.4 is 5.32 Å². The van der Waals surface area contributed by atoms with Crippen molar-refractivity contribution in [1.82, 2.24) is 0 Å². The molecule has 0 bridgehead atoms. The van der Waals surface area contributed by atoms with Gasteiger partial charge in [-0.1, -0.05) is 6.92 Å². The van der Waals surface area contributed by atoms with E-state index >= 15 is 0 Å². The summed E-state index contributed by atoms with van der Waals surface area (Å²) in [4.78, 5) is 12.3.